The standard InChI is InChI=1S/C25H27NO3/c1-2-23(29-24-13-7-9-18-8-3-6-12-22(18)24)25(27)26-19-14-16-21(17-15-19)28-20-10-4-5-11-20/h3,6-9,12-17,20,23H,2,4-5,10-11H2,1H3,(H,26,27)/t23-/m1/s1. The predicted molar refractivity (Wildman–Crippen MR) is 117 cm³/mol. The van der Waals surface area contributed by atoms with Crippen molar-refractivity contribution in [1.29, 1.82) is 0 Å². The first-order valence-corrected chi connectivity index (χ1v) is 10.4. The van der Waals surface area contributed by atoms with Crippen LogP contribution >= 0.6 is 0 Å². The van der Waals surface area contributed by atoms with Crippen molar-refractivity contribution in [2.45, 2.75) is 51.2 Å². The van der Waals surface area contributed by atoms with Crippen LogP contribution in [0, 0.1) is 0 Å². The summed E-state index contributed by atoms with van der Waals surface area (Å²) in [6.07, 6.45) is 5.09. The Morgan fingerprint density at radius 1 is 1.00 bits per heavy atom. The summed E-state index contributed by atoms with van der Waals surface area (Å²) >= 11 is 0. The van der Waals surface area contributed by atoms with Crippen LogP contribution in [0.2, 0.25) is 0 Å². The van der Waals surface area contributed by atoms with Crippen LogP contribution in [0.1, 0.15) is 39.0 Å². The molecule has 1 aliphatic carbocycles. The van der Waals surface area contributed by atoms with Crippen LogP contribution in [0.4, 0.5) is 5.69 Å². The molecule has 4 heteroatoms. The van der Waals surface area contributed by atoms with E-state index in [1.165, 1.54) is 12.8 Å². The Morgan fingerprint density at radius 3 is 2.48 bits per heavy atom. The van der Waals surface area contributed by atoms with E-state index in [0.717, 1.165) is 40.8 Å². The van der Waals surface area contributed by atoms with Crippen molar-refractivity contribution in [2.24, 2.45) is 0 Å². The molecule has 1 saturated carbocycles. The Bertz CT molecular complexity index is 956. The van der Waals surface area contributed by atoms with Crippen molar-refractivity contribution >= 4 is 22.4 Å². The molecule has 3 aromatic rings. The average molecular weight is 389 g/mol. The number of ether oxygens (including phenoxy) is 2. The summed E-state index contributed by atoms with van der Waals surface area (Å²) in [6, 6.07) is 21.5. The van der Waals surface area contributed by atoms with Gasteiger partial charge in [0.05, 0.1) is 6.10 Å². The van der Waals surface area contributed by atoms with Gasteiger partial charge in [-0.2, -0.15) is 0 Å². The second-order valence-electron chi connectivity index (χ2n) is 7.53. The van der Waals surface area contributed by atoms with Crippen LogP contribution in [0.15, 0.2) is 66.7 Å². The molecule has 1 amide bonds. The smallest absolute Gasteiger partial charge is 0.265 e. The number of rotatable bonds is 7. The van der Waals surface area contributed by atoms with Gasteiger partial charge in [-0.15, -0.1) is 0 Å². The van der Waals surface area contributed by atoms with Crippen molar-refractivity contribution in [1.82, 2.24) is 0 Å². The molecule has 4 rings (SSSR count). The molecule has 29 heavy (non-hydrogen) atoms. The van der Waals surface area contributed by atoms with Gasteiger partial charge in [0.2, 0.25) is 0 Å². The number of hydrogen-bond acceptors (Lipinski definition) is 3. The van der Waals surface area contributed by atoms with Crippen LogP contribution in [-0.4, -0.2) is 18.1 Å². The number of nitrogens with one attached hydrogen (secondary N) is 1. The third-order valence-electron chi connectivity index (χ3n) is 5.41. The Labute approximate surface area is 171 Å². The van der Waals surface area contributed by atoms with Crippen molar-refractivity contribution in [3.05, 3.63) is 66.7 Å². The highest BCUT2D eigenvalue weighted by Gasteiger charge is 2.20. The first kappa shape index (κ1) is 19.3. The zero-order chi connectivity index (χ0) is 20.1. The van der Waals surface area contributed by atoms with Gasteiger partial charge in [0.15, 0.2) is 6.10 Å². The highest BCUT2D eigenvalue weighted by atomic mass is 16.5. The number of benzene rings is 3. The van der Waals surface area contributed by atoms with Gasteiger partial charge in [-0.25, -0.2) is 0 Å². The first-order chi connectivity index (χ1) is 14.2. The lowest BCUT2D eigenvalue weighted by Crippen LogP contribution is -2.32. The molecule has 0 bridgehead atoms. The summed E-state index contributed by atoms with van der Waals surface area (Å²) in [6.45, 7) is 1.95. The van der Waals surface area contributed by atoms with E-state index in [0.29, 0.717) is 12.5 Å². The van der Waals surface area contributed by atoms with Gasteiger partial charge in [-0.05, 0) is 67.8 Å². The number of fused-ring (bicyclic) bond motifs is 1. The van der Waals surface area contributed by atoms with Crippen LogP contribution in [0.25, 0.3) is 10.8 Å². The van der Waals surface area contributed by atoms with E-state index in [1.54, 1.807) is 0 Å². The number of anilines is 1. The number of amides is 1. The number of carbonyl (C=O) groups is 1. The van der Waals surface area contributed by atoms with E-state index in [2.05, 4.69) is 5.32 Å². The molecule has 150 valence electrons. The zero-order valence-electron chi connectivity index (χ0n) is 16.8. The lowest BCUT2D eigenvalue weighted by molar-refractivity contribution is -0.122. The largest absolute Gasteiger partial charge is 0.490 e. The second kappa shape index (κ2) is 8.99. The van der Waals surface area contributed by atoms with Crippen LogP contribution in [0.5, 0.6) is 11.5 Å². The van der Waals surface area contributed by atoms with Crippen LogP contribution in [0.3, 0.4) is 0 Å². The molecule has 1 fully saturated rings. The Kier molecular flexibility index (Phi) is 5.99. The fourth-order valence-corrected chi connectivity index (χ4v) is 3.81. The van der Waals surface area contributed by atoms with Crippen molar-refractivity contribution in [3.63, 3.8) is 0 Å². The van der Waals surface area contributed by atoms with Crippen LogP contribution < -0.4 is 14.8 Å². The molecule has 1 aliphatic rings. The van der Waals surface area contributed by atoms with E-state index in [9.17, 15) is 4.79 Å². The van der Waals surface area contributed by atoms with Crippen molar-refractivity contribution in [2.75, 3.05) is 5.32 Å². The zero-order valence-corrected chi connectivity index (χ0v) is 16.8. The summed E-state index contributed by atoms with van der Waals surface area (Å²) in [7, 11) is 0. The monoisotopic (exact) mass is 389 g/mol. The summed E-state index contributed by atoms with van der Waals surface area (Å²) in [5, 5.41) is 5.07. The minimum atomic E-state index is -0.560. The third kappa shape index (κ3) is 4.70. The minimum Gasteiger partial charge on any atom is -0.490 e. The molecule has 0 aliphatic heterocycles. The maximum atomic E-state index is 12.8. The topological polar surface area (TPSA) is 47.6 Å². The molecule has 0 aromatic heterocycles. The van der Waals surface area contributed by atoms with Crippen molar-refractivity contribution in [3.8, 4) is 11.5 Å². The summed E-state index contributed by atoms with van der Waals surface area (Å²) < 4.78 is 12.1. The fraction of sp³-hybridized carbons (Fsp3) is 0.320. The summed E-state index contributed by atoms with van der Waals surface area (Å²) in [5.41, 5.74) is 0.744. The molecule has 0 spiro atoms. The molecule has 0 radical (unpaired) electrons. The maximum absolute atomic E-state index is 12.8. The Morgan fingerprint density at radius 2 is 1.72 bits per heavy atom. The van der Waals surface area contributed by atoms with Crippen molar-refractivity contribution < 1.29 is 14.3 Å². The average Bonchev–Trinajstić information content (AvgIpc) is 3.26. The summed E-state index contributed by atoms with van der Waals surface area (Å²) in [5.74, 6) is 1.43. The lowest BCUT2D eigenvalue weighted by atomic mass is 10.1. The quantitative estimate of drug-likeness (QED) is 0.542. The molecule has 4 nitrogen and oxygen atoms in total. The normalized spacial score (nSPS) is 15.2. The maximum Gasteiger partial charge on any atom is 0.265 e. The fourth-order valence-electron chi connectivity index (χ4n) is 3.81. The minimum absolute atomic E-state index is 0.148. The molecule has 1 N–H and O–H groups in total. The van der Waals surface area contributed by atoms with Crippen LogP contribution in [-0.2, 0) is 4.79 Å². The highest BCUT2D eigenvalue weighted by Crippen LogP contribution is 2.27. The highest BCUT2D eigenvalue weighted by molar-refractivity contribution is 5.95. The molecular formula is C25H27NO3. The lowest BCUT2D eigenvalue weighted by Gasteiger charge is -2.19. The number of hydrogen-bond donors (Lipinski definition) is 1. The SMILES string of the molecule is CC[C@@H](Oc1cccc2ccccc12)C(=O)Nc1ccc(OC2CCCC2)cc1. The molecule has 3 aromatic carbocycles. The molecule has 0 heterocycles. The van der Waals surface area contributed by atoms with E-state index in [4.69, 9.17) is 9.47 Å². The van der Waals surface area contributed by atoms with E-state index in [-0.39, 0.29) is 5.91 Å². The van der Waals surface area contributed by atoms with Gasteiger partial charge in [-0.3, -0.25) is 4.79 Å². The van der Waals surface area contributed by atoms with Gasteiger partial charge < -0.3 is 14.8 Å². The van der Waals surface area contributed by atoms with E-state index < -0.39 is 6.10 Å². The van der Waals surface area contributed by atoms with Gasteiger partial charge in [-0.1, -0.05) is 43.3 Å². The molecule has 1 atom stereocenters. The summed E-state index contributed by atoms with van der Waals surface area (Å²) in [4.78, 5) is 12.8. The predicted octanol–water partition coefficient (Wildman–Crippen LogP) is 5.96. The second-order valence-corrected chi connectivity index (χ2v) is 7.53. The molecular weight excluding hydrogens is 362 g/mol. The number of carbonyl (C=O) groups excluding carboxylic acids is 1. The Hall–Kier alpha value is -3.01. The van der Waals surface area contributed by atoms with Gasteiger partial charge in [0.1, 0.15) is 11.5 Å². The van der Waals surface area contributed by atoms with E-state index in [1.807, 2.05) is 73.7 Å². The van der Waals surface area contributed by atoms with Gasteiger partial charge >= 0.3 is 0 Å². The third-order valence-corrected chi connectivity index (χ3v) is 5.41. The molecule has 0 saturated heterocycles. The first-order valence-electron chi connectivity index (χ1n) is 10.4. The Balaban J connectivity index is 1.40. The van der Waals surface area contributed by atoms with Gasteiger partial charge in [0.25, 0.3) is 5.91 Å². The van der Waals surface area contributed by atoms with E-state index >= 15 is 0 Å². The van der Waals surface area contributed by atoms with Gasteiger partial charge in [0, 0.05) is 11.1 Å². The molecule has 0 unspecified atom stereocenters.